The number of hydrogen-bond acceptors (Lipinski definition) is 7. The third-order valence-corrected chi connectivity index (χ3v) is 10.2. The van der Waals surface area contributed by atoms with Crippen LogP contribution in [0.1, 0.15) is 43.0 Å². The Morgan fingerprint density at radius 3 is 1.70 bits per heavy atom. The fourth-order valence-electron chi connectivity index (χ4n) is 5.33. The smallest absolute Gasteiger partial charge is 0.376 e. The van der Waals surface area contributed by atoms with E-state index in [9.17, 15) is 0 Å². The quantitative estimate of drug-likeness (QED) is 0.157. The van der Waals surface area contributed by atoms with Gasteiger partial charge in [0.15, 0.2) is 0 Å². The number of thioether (sulfide) groups is 3. The van der Waals surface area contributed by atoms with Crippen LogP contribution in [0.15, 0.2) is 67.0 Å². The van der Waals surface area contributed by atoms with E-state index < -0.39 is 7.12 Å². The van der Waals surface area contributed by atoms with Gasteiger partial charge in [-0.3, -0.25) is 0 Å². The molecule has 0 saturated carbocycles. The van der Waals surface area contributed by atoms with Gasteiger partial charge in [-0.05, 0) is 58.2 Å². The first-order valence-electron chi connectivity index (χ1n) is 14.0. The molecule has 0 N–H and O–H groups in total. The summed E-state index contributed by atoms with van der Waals surface area (Å²) in [6.45, 7) is 6.62. The zero-order chi connectivity index (χ0) is 27.5. The van der Waals surface area contributed by atoms with Crippen molar-refractivity contribution in [3.8, 4) is 0 Å². The zero-order valence-electron chi connectivity index (χ0n) is 23.3. The molecule has 1 aliphatic heterocycles. The van der Waals surface area contributed by atoms with Gasteiger partial charge >= 0.3 is 7.12 Å². The molecule has 3 heterocycles. The van der Waals surface area contributed by atoms with Crippen molar-refractivity contribution in [1.82, 2.24) is 24.5 Å². The molecular formula is C30H34BN6S3. The maximum absolute atomic E-state index is 5.00. The molecule has 6 rings (SSSR count). The molecule has 1 radical (unpaired) electrons. The number of nitrogens with zero attached hydrogens (tertiary/aromatic N) is 6. The topological polar surface area (TPSA) is 53.0 Å². The van der Waals surface area contributed by atoms with Crippen LogP contribution < -0.4 is 10.0 Å². The second-order valence-electron chi connectivity index (χ2n) is 9.95. The molecule has 0 fully saturated rings. The first-order valence-corrected chi connectivity index (χ1v) is 17.5. The highest BCUT2D eigenvalue weighted by Crippen LogP contribution is 2.30. The fraction of sp³-hybridized carbons (Fsp3) is 0.300. The summed E-state index contributed by atoms with van der Waals surface area (Å²) in [6.07, 6.45) is 5.95. The standard InChI is InChI=1S/C30H34BN6S3/c1-4-38-19-22-7-10-25-16-32-35(28(25)13-22)31(36-29-14-23(20-39-5-2)8-11-26(29)17-33-36)37-30-15-24(21-40-6-3)9-12-27(30)18-34-37/h7-18,31H,4-6,19-21H2,1-3H3. The van der Waals surface area contributed by atoms with Crippen LogP contribution in [-0.2, 0) is 17.3 Å². The average molecular weight is 586 g/mol. The van der Waals surface area contributed by atoms with Crippen molar-refractivity contribution in [3.63, 3.8) is 0 Å². The lowest BCUT2D eigenvalue weighted by atomic mass is 9.90. The molecule has 0 aliphatic carbocycles. The summed E-state index contributed by atoms with van der Waals surface area (Å²) in [5.41, 5.74) is 8.44. The Morgan fingerprint density at radius 2 is 1.18 bits per heavy atom. The van der Waals surface area contributed by atoms with Crippen LogP contribution in [0.4, 0.5) is 5.69 Å². The molecule has 0 unspecified atom stereocenters. The molecule has 1 aliphatic rings. The number of benzene rings is 3. The van der Waals surface area contributed by atoms with Crippen LogP contribution in [0.25, 0.3) is 21.8 Å². The zero-order valence-corrected chi connectivity index (χ0v) is 25.7. The number of rotatable bonds is 12. The Balaban J connectivity index is 1.51. The van der Waals surface area contributed by atoms with E-state index in [4.69, 9.17) is 15.3 Å². The lowest BCUT2D eigenvalue weighted by Gasteiger charge is -2.30. The molecule has 0 bridgehead atoms. The first-order chi connectivity index (χ1) is 19.7. The van der Waals surface area contributed by atoms with Gasteiger partial charge in [0, 0.05) is 39.1 Å². The van der Waals surface area contributed by atoms with Gasteiger partial charge in [0.05, 0.1) is 23.6 Å². The van der Waals surface area contributed by atoms with Gasteiger partial charge in [0.2, 0.25) is 0 Å². The monoisotopic (exact) mass is 585 g/mol. The third kappa shape index (κ3) is 5.41. The second kappa shape index (κ2) is 12.4. The highest BCUT2D eigenvalue weighted by molar-refractivity contribution is 7.98. The highest BCUT2D eigenvalue weighted by Gasteiger charge is 2.34. The number of hydrazone groups is 1. The lowest BCUT2D eigenvalue weighted by Crippen LogP contribution is -2.52. The summed E-state index contributed by atoms with van der Waals surface area (Å²) >= 11 is 5.82. The minimum absolute atomic E-state index is 0.990. The minimum Gasteiger partial charge on any atom is -0.394 e. The van der Waals surface area contributed by atoms with Gasteiger partial charge in [-0.25, -0.2) is 15.1 Å². The number of hydrogen-bond donors (Lipinski definition) is 0. The summed E-state index contributed by atoms with van der Waals surface area (Å²) in [5.74, 6) is 6.26. The number of anilines is 1. The molecule has 10 heteroatoms. The maximum atomic E-state index is 5.00. The molecule has 6 nitrogen and oxygen atoms in total. The van der Waals surface area contributed by atoms with E-state index >= 15 is 0 Å². The predicted octanol–water partition coefficient (Wildman–Crippen LogP) is 6.45. The Morgan fingerprint density at radius 1 is 0.675 bits per heavy atom. The summed E-state index contributed by atoms with van der Waals surface area (Å²) in [5, 5.41) is 17.3. The van der Waals surface area contributed by atoms with Gasteiger partial charge < -0.3 is 9.19 Å². The average Bonchev–Trinajstić information content (AvgIpc) is 3.71. The van der Waals surface area contributed by atoms with E-state index in [1.165, 1.54) is 16.7 Å². The van der Waals surface area contributed by atoms with Gasteiger partial charge in [-0.1, -0.05) is 51.1 Å². The van der Waals surface area contributed by atoms with Gasteiger partial charge in [-0.2, -0.15) is 35.3 Å². The summed E-state index contributed by atoms with van der Waals surface area (Å²) in [6, 6.07) is 20.2. The normalized spacial score (nSPS) is 12.8. The van der Waals surface area contributed by atoms with Crippen LogP contribution in [0.2, 0.25) is 0 Å². The van der Waals surface area contributed by atoms with Crippen molar-refractivity contribution < 1.29 is 0 Å². The lowest BCUT2D eigenvalue weighted by molar-refractivity contribution is 0.838. The first kappa shape index (κ1) is 27.4. The van der Waals surface area contributed by atoms with Gasteiger partial charge in [0.1, 0.15) is 5.10 Å². The molecule has 3 aromatic carbocycles. The van der Waals surface area contributed by atoms with Gasteiger partial charge in [-0.15, -0.1) is 0 Å². The number of aromatic nitrogens is 4. The highest BCUT2D eigenvalue weighted by atomic mass is 32.2. The Labute approximate surface area is 249 Å². The van der Waals surface area contributed by atoms with Crippen LogP contribution in [0.3, 0.4) is 0 Å². The van der Waals surface area contributed by atoms with Crippen molar-refractivity contribution in [2.24, 2.45) is 0 Å². The van der Waals surface area contributed by atoms with Crippen LogP contribution >= 0.6 is 35.3 Å². The van der Waals surface area contributed by atoms with Crippen molar-refractivity contribution >= 4 is 76.1 Å². The molecule has 2 aromatic heterocycles. The molecule has 205 valence electrons. The van der Waals surface area contributed by atoms with E-state index in [1.54, 1.807) is 0 Å². The fourth-order valence-corrected chi connectivity index (χ4v) is 7.19. The summed E-state index contributed by atoms with van der Waals surface area (Å²) < 4.78 is 4.35. The van der Waals surface area contributed by atoms with Crippen molar-refractivity contribution in [2.45, 2.75) is 38.0 Å². The second-order valence-corrected chi connectivity index (χ2v) is 13.8. The molecule has 0 amide bonds. The Bertz CT molecular complexity index is 1580. The molecular weight excluding hydrogens is 551 g/mol. The molecule has 0 atom stereocenters. The van der Waals surface area contributed by atoms with E-state index in [1.807, 2.05) is 53.9 Å². The SMILES string of the molecule is CCSCc1ccc2c(c1)N([BH-](n1ncc3ccc(CSCC)cc31)n1ncc3ccc(CSCC)cc31)[N+]=C2. The van der Waals surface area contributed by atoms with Crippen molar-refractivity contribution in [2.75, 3.05) is 22.2 Å². The minimum atomic E-state index is -1.58. The Hall–Kier alpha value is -2.82. The molecule has 40 heavy (non-hydrogen) atoms. The van der Waals surface area contributed by atoms with Gasteiger partial charge in [0.25, 0.3) is 6.21 Å². The summed E-state index contributed by atoms with van der Waals surface area (Å²) in [4.78, 5) is 2.18. The van der Waals surface area contributed by atoms with Crippen molar-refractivity contribution in [3.05, 3.63) is 89.2 Å². The van der Waals surface area contributed by atoms with E-state index in [-0.39, 0.29) is 0 Å². The van der Waals surface area contributed by atoms with E-state index in [0.29, 0.717) is 0 Å². The van der Waals surface area contributed by atoms with Crippen molar-refractivity contribution in [1.29, 1.82) is 0 Å². The molecule has 5 aromatic rings. The largest absolute Gasteiger partial charge is 0.394 e. The third-order valence-electron chi connectivity index (χ3n) is 7.35. The molecule has 0 saturated heterocycles. The van der Waals surface area contributed by atoms with E-state index in [0.717, 1.165) is 67.6 Å². The summed E-state index contributed by atoms with van der Waals surface area (Å²) in [7, 11) is -1.58. The molecule has 0 spiro atoms. The van der Waals surface area contributed by atoms with E-state index in [2.05, 4.69) is 89.5 Å². The maximum Gasteiger partial charge on any atom is 0.376 e. The Kier molecular flexibility index (Phi) is 8.46. The predicted molar refractivity (Wildman–Crippen MR) is 179 cm³/mol. The van der Waals surface area contributed by atoms with Crippen LogP contribution in [0, 0.1) is 0 Å². The number of fused-ring (bicyclic) bond motifs is 3. The van der Waals surface area contributed by atoms with Crippen LogP contribution in [-0.4, -0.2) is 50.0 Å². The van der Waals surface area contributed by atoms with Crippen LogP contribution in [0.5, 0.6) is 0 Å².